The second-order valence-electron chi connectivity index (χ2n) is 6.99. The number of aromatic nitrogens is 3. The van der Waals surface area contributed by atoms with Gasteiger partial charge < -0.3 is 10.6 Å². The van der Waals surface area contributed by atoms with Crippen molar-refractivity contribution in [1.29, 1.82) is 0 Å². The highest BCUT2D eigenvalue weighted by Crippen LogP contribution is 2.22. The predicted molar refractivity (Wildman–Crippen MR) is 106 cm³/mol. The fraction of sp³-hybridized carbons (Fsp3) is 0.238. The van der Waals surface area contributed by atoms with Gasteiger partial charge in [-0.05, 0) is 56.5 Å². The first-order chi connectivity index (χ1) is 13.5. The maximum absolute atomic E-state index is 12.8. The van der Waals surface area contributed by atoms with E-state index < -0.39 is 0 Å². The lowest BCUT2D eigenvalue weighted by molar-refractivity contribution is 0.0949. The van der Waals surface area contributed by atoms with Crippen LogP contribution in [0.2, 0.25) is 0 Å². The molecule has 142 valence electrons. The number of nitrogens with zero attached hydrogens (tertiary/aromatic N) is 3. The molecule has 0 aliphatic heterocycles. The Kier molecular flexibility index (Phi) is 4.65. The van der Waals surface area contributed by atoms with Gasteiger partial charge in [-0.3, -0.25) is 9.59 Å². The first-order valence-corrected chi connectivity index (χ1v) is 9.23. The normalized spacial score (nSPS) is 13.2. The molecule has 1 aliphatic carbocycles. The molecular weight excluding hydrogens is 354 g/mol. The summed E-state index contributed by atoms with van der Waals surface area (Å²) >= 11 is 0. The largest absolute Gasteiger partial charge is 0.349 e. The Morgan fingerprint density at radius 3 is 2.46 bits per heavy atom. The van der Waals surface area contributed by atoms with Gasteiger partial charge in [0.2, 0.25) is 0 Å². The number of hydrogen-bond acceptors (Lipinski definition) is 4. The second-order valence-corrected chi connectivity index (χ2v) is 6.99. The summed E-state index contributed by atoms with van der Waals surface area (Å²) in [5, 5.41) is 14.5. The minimum absolute atomic E-state index is 0.121. The van der Waals surface area contributed by atoms with E-state index in [2.05, 4.69) is 20.8 Å². The molecule has 2 N–H and O–H groups in total. The van der Waals surface area contributed by atoms with Gasteiger partial charge in [-0.25, -0.2) is 0 Å². The molecule has 1 saturated carbocycles. The van der Waals surface area contributed by atoms with Crippen molar-refractivity contribution in [2.24, 2.45) is 0 Å². The smallest absolute Gasteiger partial charge is 0.278 e. The van der Waals surface area contributed by atoms with E-state index in [0.717, 1.165) is 24.1 Å². The topological polar surface area (TPSA) is 88.9 Å². The number of rotatable bonds is 5. The van der Waals surface area contributed by atoms with Gasteiger partial charge in [-0.15, -0.1) is 5.10 Å². The third-order valence-electron chi connectivity index (χ3n) is 4.64. The van der Waals surface area contributed by atoms with Crippen LogP contribution in [-0.4, -0.2) is 32.9 Å². The molecule has 2 aromatic carbocycles. The number of amides is 2. The minimum Gasteiger partial charge on any atom is -0.349 e. The van der Waals surface area contributed by atoms with E-state index >= 15 is 0 Å². The maximum Gasteiger partial charge on any atom is 0.278 e. The molecule has 0 saturated heterocycles. The lowest BCUT2D eigenvalue weighted by atomic mass is 10.1. The summed E-state index contributed by atoms with van der Waals surface area (Å²) in [7, 11) is 0. The maximum atomic E-state index is 12.8. The first-order valence-electron chi connectivity index (χ1n) is 9.23. The van der Waals surface area contributed by atoms with Gasteiger partial charge in [0.25, 0.3) is 11.8 Å². The van der Waals surface area contributed by atoms with Crippen molar-refractivity contribution >= 4 is 17.5 Å². The zero-order valence-corrected chi connectivity index (χ0v) is 15.8. The summed E-state index contributed by atoms with van der Waals surface area (Å²) < 4.78 is 0. The minimum atomic E-state index is -0.359. The van der Waals surface area contributed by atoms with Crippen molar-refractivity contribution in [2.75, 3.05) is 5.32 Å². The van der Waals surface area contributed by atoms with Crippen LogP contribution in [0.25, 0.3) is 5.69 Å². The van der Waals surface area contributed by atoms with Gasteiger partial charge in [-0.2, -0.15) is 9.90 Å². The van der Waals surface area contributed by atoms with E-state index in [1.165, 1.54) is 4.80 Å². The number of para-hydroxylation sites is 1. The third kappa shape index (κ3) is 3.78. The number of hydrogen-bond donors (Lipinski definition) is 2. The summed E-state index contributed by atoms with van der Waals surface area (Å²) in [5.41, 5.74) is 3.53. The third-order valence-corrected chi connectivity index (χ3v) is 4.64. The Bertz CT molecular complexity index is 1040. The van der Waals surface area contributed by atoms with Gasteiger partial charge in [0, 0.05) is 17.3 Å². The Balaban J connectivity index is 1.55. The van der Waals surface area contributed by atoms with Gasteiger partial charge in [0.05, 0.1) is 11.4 Å². The fourth-order valence-corrected chi connectivity index (χ4v) is 2.84. The Morgan fingerprint density at radius 2 is 1.75 bits per heavy atom. The van der Waals surface area contributed by atoms with Crippen LogP contribution in [0.4, 0.5) is 5.69 Å². The molecule has 1 aliphatic rings. The lowest BCUT2D eigenvalue weighted by Crippen LogP contribution is -2.25. The number of anilines is 1. The van der Waals surface area contributed by atoms with Crippen molar-refractivity contribution < 1.29 is 9.59 Å². The average molecular weight is 375 g/mol. The van der Waals surface area contributed by atoms with Crippen molar-refractivity contribution in [3.8, 4) is 5.69 Å². The molecule has 0 spiro atoms. The molecule has 0 radical (unpaired) electrons. The zero-order valence-electron chi connectivity index (χ0n) is 15.8. The highest BCUT2D eigenvalue weighted by molar-refractivity contribution is 6.05. The Labute approximate surface area is 162 Å². The molecule has 1 fully saturated rings. The molecule has 28 heavy (non-hydrogen) atoms. The lowest BCUT2D eigenvalue weighted by Gasteiger charge is -2.10. The SMILES string of the molecule is Cc1ccc(C(=O)NC2CC2)cc1NC(=O)c1nn(-c2ccccc2)nc1C. The molecule has 1 heterocycles. The Hall–Kier alpha value is -3.48. The van der Waals surface area contributed by atoms with Crippen LogP contribution < -0.4 is 10.6 Å². The van der Waals surface area contributed by atoms with Crippen LogP contribution in [0.1, 0.15) is 44.9 Å². The van der Waals surface area contributed by atoms with E-state index in [0.29, 0.717) is 16.9 Å². The van der Waals surface area contributed by atoms with Gasteiger partial charge in [0.15, 0.2) is 5.69 Å². The van der Waals surface area contributed by atoms with Crippen LogP contribution >= 0.6 is 0 Å². The highest BCUT2D eigenvalue weighted by atomic mass is 16.2. The second kappa shape index (κ2) is 7.26. The quantitative estimate of drug-likeness (QED) is 0.717. The van der Waals surface area contributed by atoms with E-state index in [-0.39, 0.29) is 23.6 Å². The summed E-state index contributed by atoms with van der Waals surface area (Å²) in [4.78, 5) is 26.5. The van der Waals surface area contributed by atoms with E-state index in [1.807, 2.05) is 43.3 Å². The molecule has 2 amide bonds. The van der Waals surface area contributed by atoms with Gasteiger partial charge in [-0.1, -0.05) is 24.3 Å². The number of carbonyl (C=O) groups is 2. The summed E-state index contributed by atoms with van der Waals surface area (Å²) in [5.74, 6) is -0.480. The molecule has 4 rings (SSSR count). The average Bonchev–Trinajstić information content (AvgIpc) is 3.42. The van der Waals surface area contributed by atoms with Crippen LogP contribution in [0.3, 0.4) is 0 Å². The monoisotopic (exact) mass is 375 g/mol. The molecular formula is C21H21N5O2. The van der Waals surface area contributed by atoms with E-state index in [1.54, 1.807) is 19.1 Å². The number of carbonyl (C=O) groups excluding carboxylic acids is 2. The van der Waals surface area contributed by atoms with E-state index in [4.69, 9.17) is 0 Å². The Morgan fingerprint density at radius 1 is 1.00 bits per heavy atom. The van der Waals surface area contributed by atoms with Crippen LogP contribution in [0, 0.1) is 13.8 Å². The molecule has 1 aromatic heterocycles. The van der Waals surface area contributed by atoms with Gasteiger partial charge in [0.1, 0.15) is 0 Å². The van der Waals surface area contributed by atoms with Crippen LogP contribution in [0.5, 0.6) is 0 Å². The molecule has 7 heteroatoms. The van der Waals surface area contributed by atoms with Crippen LogP contribution in [-0.2, 0) is 0 Å². The molecule has 0 bridgehead atoms. The van der Waals surface area contributed by atoms with Crippen molar-refractivity contribution in [3.63, 3.8) is 0 Å². The molecule has 3 aromatic rings. The molecule has 7 nitrogen and oxygen atoms in total. The van der Waals surface area contributed by atoms with Crippen molar-refractivity contribution in [1.82, 2.24) is 20.3 Å². The van der Waals surface area contributed by atoms with Crippen molar-refractivity contribution in [3.05, 3.63) is 71.0 Å². The number of nitrogens with one attached hydrogen (secondary N) is 2. The highest BCUT2D eigenvalue weighted by Gasteiger charge is 2.24. The van der Waals surface area contributed by atoms with Gasteiger partial charge >= 0.3 is 0 Å². The zero-order chi connectivity index (χ0) is 19.7. The molecule has 0 atom stereocenters. The van der Waals surface area contributed by atoms with Crippen LogP contribution in [0.15, 0.2) is 48.5 Å². The van der Waals surface area contributed by atoms with Crippen molar-refractivity contribution in [2.45, 2.75) is 32.7 Å². The summed E-state index contributed by atoms with van der Waals surface area (Å²) in [6.07, 6.45) is 2.05. The standard InChI is InChI=1S/C21H21N5O2/c1-13-8-9-15(20(27)22-16-10-11-16)12-18(13)23-21(28)19-14(2)24-26(25-19)17-6-4-3-5-7-17/h3-9,12,16H,10-11H2,1-2H3,(H,22,27)(H,23,28). The summed E-state index contributed by atoms with van der Waals surface area (Å²) in [6.45, 7) is 3.62. The molecule has 0 unspecified atom stereocenters. The predicted octanol–water partition coefficient (Wildman–Crippen LogP) is 3.03. The fourth-order valence-electron chi connectivity index (χ4n) is 2.84. The summed E-state index contributed by atoms with van der Waals surface area (Å²) in [6, 6.07) is 15.0. The van der Waals surface area contributed by atoms with E-state index in [9.17, 15) is 9.59 Å². The number of aryl methyl sites for hydroxylation is 2. The first kappa shape index (κ1) is 17.9. The number of benzene rings is 2.